The number of carbonyl (C=O) groups is 1. The number of hydrogen-bond donors (Lipinski definition) is 0. The molecule has 7 heteroatoms. The highest BCUT2D eigenvalue weighted by Crippen LogP contribution is 2.25. The highest BCUT2D eigenvalue weighted by atomic mass is 19.2. The molecule has 2 heterocycles. The lowest BCUT2D eigenvalue weighted by Crippen LogP contribution is -2.53. The van der Waals surface area contributed by atoms with Gasteiger partial charge in [0.1, 0.15) is 11.9 Å². The molecule has 4 rings (SSSR count). The van der Waals surface area contributed by atoms with Crippen LogP contribution in [0.2, 0.25) is 0 Å². The molecular weight excluding hydrogens is 366 g/mol. The summed E-state index contributed by atoms with van der Waals surface area (Å²) in [6, 6.07) is 11.2. The topological polar surface area (TPSA) is 42.0 Å². The molecule has 0 saturated carbocycles. The minimum Gasteiger partial charge on any atom is -0.487 e. The fourth-order valence-corrected chi connectivity index (χ4v) is 3.48. The summed E-state index contributed by atoms with van der Waals surface area (Å²) in [6.45, 7) is 4.13. The molecule has 2 aliphatic heterocycles. The minimum absolute atomic E-state index is 0.0380. The van der Waals surface area contributed by atoms with Crippen molar-refractivity contribution in [2.45, 2.75) is 12.6 Å². The molecule has 2 aromatic carbocycles. The van der Waals surface area contributed by atoms with E-state index >= 15 is 0 Å². The van der Waals surface area contributed by atoms with Crippen molar-refractivity contribution in [2.75, 3.05) is 39.4 Å². The lowest BCUT2D eigenvalue weighted by Gasteiger charge is -2.39. The molecule has 0 aliphatic carbocycles. The summed E-state index contributed by atoms with van der Waals surface area (Å²) in [6.07, 6.45) is -0.0380. The van der Waals surface area contributed by atoms with Crippen LogP contribution in [0.4, 0.5) is 8.78 Å². The van der Waals surface area contributed by atoms with E-state index in [0.717, 1.165) is 11.6 Å². The molecular formula is C21H22F2N2O3. The first-order chi connectivity index (χ1) is 13.6. The predicted octanol–water partition coefficient (Wildman–Crippen LogP) is 2.70. The molecule has 0 unspecified atom stereocenters. The van der Waals surface area contributed by atoms with Gasteiger partial charge >= 0.3 is 0 Å². The van der Waals surface area contributed by atoms with Crippen LogP contribution in [-0.2, 0) is 11.3 Å². The second kappa shape index (κ2) is 8.24. The summed E-state index contributed by atoms with van der Waals surface area (Å²) >= 11 is 0. The van der Waals surface area contributed by atoms with Crippen LogP contribution >= 0.6 is 0 Å². The quantitative estimate of drug-likeness (QED) is 0.790. The van der Waals surface area contributed by atoms with E-state index < -0.39 is 11.6 Å². The third kappa shape index (κ3) is 4.15. The van der Waals surface area contributed by atoms with Gasteiger partial charge in [0.15, 0.2) is 11.6 Å². The number of nitrogens with zero attached hydrogens (tertiary/aromatic N) is 2. The van der Waals surface area contributed by atoms with Gasteiger partial charge in [-0.2, -0.15) is 0 Å². The zero-order valence-electron chi connectivity index (χ0n) is 15.4. The Hall–Kier alpha value is -2.51. The third-order valence-corrected chi connectivity index (χ3v) is 5.02. The molecule has 2 aromatic rings. The molecule has 2 aliphatic rings. The van der Waals surface area contributed by atoms with Crippen LogP contribution in [0.3, 0.4) is 0 Å². The lowest BCUT2D eigenvalue weighted by atomic mass is 10.1. The van der Waals surface area contributed by atoms with Crippen molar-refractivity contribution in [3.63, 3.8) is 0 Å². The SMILES string of the molecule is O=C(c1ccccc1OC1CN(Cc2ccc(F)c(F)c2)C1)N1CCOCC1. The van der Waals surface area contributed by atoms with Crippen molar-refractivity contribution in [3.05, 3.63) is 65.2 Å². The summed E-state index contributed by atoms with van der Waals surface area (Å²) in [5, 5.41) is 0. The van der Waals surface area contributed by atoms with Crippen molar-refractivity contribution in [2.24, 2.45) is 0 Å². The van der Waals surface area contributed by atoms with E-state index in [0.29, 0.717) is 57.3 Å². The number of amides is 1. The Balaban J connectivity index is 1.34. The first kappa shape index (κ1) is 18.8. The standard InChI is InChI=1S/C21H22F2N2O3/c22-18-6-5-15(11-19(18)23)12-24-13-16(14-24)28-20-4-2-1-3-17(20)21(26)25-7-9-27-10-8-25/h1-6,11,16H,7-10,12-14H2. The zero-order chi connectivity index (χ0) is 19.5. The maximum Gasteiger partial charge on any atom is 0.257 e. The van der Waals surface area contributed by atoms with Crippen LogP contribution < -0.4 is 4.74 Å². The number of para-hydroxylation sites is 1. The van der Waals surface area contributed by atoms with Crippen LogP contribution in [0, 0.1) is 11.6 Å². The van der Waals surface area contributed by atoms with Gasteiger partial charge in [0.2, 0.25) is 0 Å². The molecule has 0 radical (unpaired) electrons. The van der Waals surface area contributed by atoms with E-state index in [9.17, 15) is 13.6 Å². The van der Waals surface area contributed by atoms with Gasteiger partial charge in [-0.15, -0.1) is 0 Å². The molecule has 0 atom stereocenters. The van der Waals surface area contributed by atoms with Crippen molar-refractivity contribution in [1.29, 1.82) is 0 Å². The Morgan fingerprint density at radius 1 is 1.07 bits per heavy atom. The van der Waals surface area contributed by atoms with Gasteiger partial charge in [0.05, 0.1) is 18.8 Å². The van der Waals surface area contributed by atoms with Gasteiger partial charge in [0, 0.05) is 32.7 Å². The van der Waals surface area contributed by atoms with Crippen molar-refractivity contribution in [3.8, 4) is 5.75 Å². The zero-order valence-corrected chi connectivity index (χ0v) is 15.4. The molecule has 0 spiro atoms. The maximum absolute atomic E-state index is 13.3. The highest BCUT2D eigenvalue weighted by molar-refractivity contribution is 5.97. The molecule has 148 valence electrons. The van der Waals surface area contributed by atoms with Crippen LogP contribution in [0.1, 0.15) is 15.9 Å². The van der Waals surface area contributed by atoms with Crippen molar-refractivity contribution in [1.82, 2.24) is 9.80 Å². The fourth-order valence-electron chi connectivity index (χ4n) is 3.48. The summed E-state index contributed by atoms with van der Waals surface area (Å²) < 4.78 is 37.7. The smallest absolute Gasteiger partial charge is 0.257 e. The van der Waals surface area contributed by atoms with E-state index in [-0.39, 0.29) is 12.0 Å². The molecule has 0 bridgehead atoms. The third-order valence-electron chi connectivity index (χ3n) is 5.02. The van der Waals surface area contributed by atoms with Gasteiger partial charge in [-0.1, -0.05) is 18.2 Å². The average Bonchev–Trinajstić information content (AvgIpc) is 2.69. The number of rotatable bonds is 5. The normalized spacial score (nSPS) is 18.0. The van der Waals surface area contributed by atoms with Crippen LogP contribution in [0.5, 0.6) is 5.75 Å². The molecule has 0 N–H and O–H groups in total. The first-order valence-electron chi connectivity index (χ1n) is 9.39. The Labute approximate surface area is 162 Å². The number of carbonyl (C=O) groups excluding carboxylic acids is 1. The number of hydrogen-bond acceptors (Lipinski definition) is 4. The van der Waals surface area contributed by atoms with E-state index in [1.165, 1.54) is 6.07 Å². The number of morpholine rings is 1. The molecule has 2 fully saturated rings. The molecule has 2 saturated heterocycles. The Morgan fingerprint density at radius 3 is 2.57 bits per heavy atom. The maximum atomic E-state index is 13.3. The largest absolute Gasteiger partial charge is 0.487 e. The number of halogens is 2. The van der Waals surface area contributed by atoms with E-state index in [2.05, 4.69) is 4.90 Å². The first-order valence-corrected chi connectivity index (χ1v) is 9.39. The molecule has 1 amide bonds. The van der Waals surface area contributed by atoms with E-state index in [1.807, 2.05) is 18.2 Å². The van der Waals surface area contributed by atoms with Crippen molar-refractivity contribution < 1.29 is 23.0 Å². The second-order valence-electron chi connectivity index (χ2n) is 7.08. The van der Waals surface area contributed by atoms with Crippen LogP contribution in [0.25, 0.3) is 0 Å². The summed E-state index contributed by atoms with van der Waals surface area (Å²) in [5.41, 5.74) is 1.28. The van der Waals surface area contributed by atoms with Gasteiger partial charge in [0.25, 0.3) is 5.91 Å². The van der Waals surface area contributed by atoms with Crippen LogP contribution in [-0.4, -0.2) is 61.2 Å². The molecule has 5 nitrogen and oxygen atoms in total. The Kier molecular flexibility index (Phi) is 5.54. The molecule has 28 heavy (non-hydrogen) atoms. The monoisotopic (exact) mass is 388 g/mol. The average molecular weight is 388 g/mol. The Morgan fingerprint density at radius 2 is 1.82 bits per heavy atom. The van der Waals surface area contributed by atoms with Gasteiger partial charge in [-0.3, -0.25) is 9.69 Å². The fraction of sp³-hybridized carbons (Fsp3) is 0.381. The van der Waals surface area contributed by atoms with Gasteiger partial charge < -0.3 is 14.4 Å². The van der Waals surface area contributed by atoms with E-state index in [4.69, 9.17) is 9.47 Å². The minimum atomic E-state index is -0.838. The summed E-state index contributed by atoms with van der Waals surface area (Å²) in [4.78, 5) is 16.7. The van der Waals surface area contributed by atoms with E-state index in [1.54, 1.807) is 17.0 Å². The van der Waals surface area contributed by atoms with Crippen molar-refractivity contribution >= 4 is 5.91 Å². The lowest BCUT2D eigenvalue weighted by molar-refractivity contribution is 0.0125. The Bertz CT molecular complexity index is 849. The summed E-state index contributed by atoms with van der Waals surface area (Å²) in [5.74, 6) is -1.13. The summed E-state index contributed by atoms with van der Waals surface area (Å²) in [7, 11) is 0. The van der Waals surface area contributed by atoms with Gasteiger partial charge in [-0.25, -0.2) is 8.78 Å². The highest BCUT2D eigenvalue weighted by Gasteiger charge is 2.30. The second-order valence-corrected chi connectivity index (χ2v) is 7.08. The predicted molar refractivity (Wildman–Crippen MR) is 99.2 cm³/mol. The number of benzene rings is 2. The number of likely N-dealkylation sites (tertiary alicyclic amines) is 1. The van der Waals surface area contributed by atoms with Crippen LogP contribution in [0.15, 0.2) is 42.5 Å². The van der Waals surface area contributed by atoms with Gasteiger partial charge in [-0.05, 0) is 29.8 Å². The molecule has 0 aromatic heterocycles. The number of ether oxygens (including phenoxy) is 2.